The maximum atomic E-state index is 13.1. The summed E-state index contributed by atoms with van der Waals surface area (Å²) in [7, 11) is 1.87. The smallest absolute Gasteiger partial charge is 0.326 e. The minimum atomic E-state index is -0.0699. The van der Waals surface area contributed by atoms with Crippen molar-refractivity contribution >= 4 is 16.9 Å². The third-order valence-corrected chi connectivity index (χ3v) is 6.94. The average molecular weight is 386 g/mol. The van der Waals surface area contributed by atoms with Crippen molar-refractivity contribution in [1.82, 2.24) is 14.5 Å². The topological polar surface area (TPSA) is 67.3 Å². The van der Waals surface area contributed by atoms with Gasteiger partial charge in [-0.2, -0.15) is 0 Å². The van der Waals surface area contributed by atoms with Crippen molar-refractivity contribution in [3.05, 3.63) is 34.2 Å². The molecule has 1 aromatic heterocycles. The quantitative estimate of drug-likeness (QED) is 0.853. The summed E-state index contributed by atoms with van der Waals surface area (Å²) in [4.78, 5) is 30.4. The Morgan fingerprint density at radius 2 is 2.04 bits per heavy atom. The Hall–Kier alpha value is -2.08. The Balaban J connectivity index is 1.57. The van der Waals surface area contributed by atoms with Crippen LogP contribution in [0.15, 0.2) is 23.0 Å². The molecule has 152 valence electrons. The van der Waals surface area contributed by atoms with E-state index >= 15 is 0 Å². The first-order chi connectivity index (χ1) is 13.3. The number of benzene rings is 1. The molecule has 6 nitrogen and oxygen atoms in total. The Morgan fingerprint density at radius 1 is 1.32 bits per heavy atom. The normalized spacial score (nSPS) is 24.4. The zero-order chi connectivity index (χ0) is 20.1. The Kier molecular flexibility index (Phi) is 4.86. The molecule has 0 unspecified atom stereocenters. The van der Waals surface area contributed by atoms with Gasteiger partial charge in [0, 0.05) is 36.7 Å². The molecule has 1 heterocycles. The number of nitrogens with one attached hydrogen (secondary N) is 1. The minimum Gasteiger partial charge on any atom is -0.378 e. The molecule has 2 aromatic rings. The lowest BCUT2D eigenvalue weighted by Crippen LogP contribution is -2.62. The maximum absolute atomic E-state index is 13.1. The number of aromatic nitrogens is 2. The molecule has 0 spiro atoms. The van der Waals surface area contributed by atoms with Crippen LogP contribution >= 0.6 is 0 Å². The number of imidazole rings is 1. The van der Waals surface area contributed by atoms with Crippen molar-refractivity contribution in [3.8, 4) is 0 Å². The van der Waals surface area contributed by atoms with Crippen LogP contribution in [0.4, 0.5) is 0 Å². The van der Waals surface area contributed by atoms with E-state index in [2.05, 4.69) is 18.8 Å². The second-order valence-corrected chi connectivity index (χ2v) is 8.90. The molecule has 6 heteroatoms. The van der Waals surface area contributed by atoms with Gasteiger partial charge in [-0.3, -0.25) is 9.36 Å². The van der Waals surface area contributed by atoms with Crippen LogP contribution in [0.1, 0.15) is 69.3 Å². The molecule has 28 heavy (non-hydrogen) atoms. The van der Waals surface area contributed by atoms with Crippen LogP contribution in [0.3, 0.4) is 0 Å². The first-order valence-corrected chi connectivity index (χ1v) is 10.5. The molecule has 2 atom stereocenters. The van der Waals surface area contributed by atoms with Gasteiger partial charge in [-0.15, -0.1) is 0 Å². The van der Waals surface area contributed by atoms with Crippen LogP contribution < -0.4 is 5.69 Å². The van der Waals surface area contributed by atoms with Crippen molar-refractivity contribution in [2.75, 3.05) is 13.7 Å². The third-order valence-electron chi connectivity index (χ3n) is 6.94. The van der Waals surface area contributed by atoms with Crippen molar-refractivity contribution in [2.24, 2.45) is 5.41 Å². The molecule has 1 aromatic carbocycles. The van der Waals surface area contributed by atoms with E-state index in [4.69, 9.17) is 4.74 Å². The van der Waals surface area contributed by atoms with Crippen molar-refractivity contribution < 1.29 is 9.53 Å². The largest absolute Gasteiger partial charge is 0.378 e. The van der Waals surface area contributed by atoms with E-state index in [0.717, 1.165) is 30.3 Å². The number of hydrogen-bond acceptors (Lipinski definition) is 3. The van der Waals surface area contributed by atoms with Crippen molar-refractivity contribution in [2.45, 2.75) is 71.1 Å². The number of nitrogens with zero attached hydrogens (tertiary/aromatic N) is 2. The second-order valence-electron chi connectivity index (χ2n) is 8.90. The number of hydrogen-bond donors (Lipinski definition) is 1. The number of fused-ring (bicyclic) bond motifs is 1. The van der Waals surface area contributed by atoms with Gasteiger partial charge in [-0.05, 0) is 44.4 Å². The molecule has 2 aliphatic rings. The van der Waals surface area contributed by atoms with Gasteiger partial charge in [0.05, 0.1) is 17.1 Å². The number of ether oxygens (including phenoxy) is 1. The Morgan fingerprint density at radius 3 is 2.68 bits per heavy atom. The summed E-state index contributed by atoms with van der Waals surface area (Å²) in [6.07, 6.45) is 5.50. The number of aromatic amines is 1. The van der Waals surface area contributed by atoms with Gasteiger partial charge in [-0.1, -0.05) is 26.7 Å². The lowest BCUT2D eigenvalue weighted by Gasteiger charge is -2.54. The molecule has 2 saturated carbocycles. The Labute approximate surface area is 165 Å². The average Bonchev–Trinajstić information content (AvgIpc) is 3.29. The van der Waals surface area contributed by atoms with Crippen LogP contribution in [0, 0.1) is 5.41 Å². The molecule has 0 bridgehead atoms. The number of H-pyrrole nitrogens is 1. The first-order valence-electron chi connectivity index (χ1n) is 10.5. The van der Waals surface area contributed by atoms with E-state index in [1.807, 2.05) is 41.6 Å². The summed E-state index contributed by atoms with van der Waals surface area (Å²) in [5.74, 6) is -0.00983. The first kappa shape index (κ1) is 19.2. The van der Waals surface area contributed by atoms with Crippen LogP contribution in [0.5, 0.6) is 0 Å². The summed E-state index contributed by atoms with van der Waals surface area (Å²) in [5.41, 5.74) is 2.13. The van der Waals surface area contributed by atoms with E-state index in [0.29, 0.717) is 12.2 Å². The van der Waals surface area contributed by atoms with E-state index in [1.54, 1.807) is 0 Å². The number of amides is 1. The molecule has 1 amide bonds. The van der Waals surface area contributed by atoms with Gasteiger partial charge < -0.3 is 14.6 Å². The van der Waals surface area contributed by atoms with Crippen LogP contribution in [-0.2, 0) is 4.74 Å². The van der Waals surface area contributed by atoms with E-state index < -0.39 is 0 Å². The minimum absolute atomic E-state index is 0.00983. The number of carbonyl (C=O) groups excluding carboxylic acids is 1. The Bertz CT molecular complexity index is 936. The molecule has 1 N–H and O–H groups in total. The van der Waals surface area contributed by atoms with E-state index in [1.165, 1.54) is 12.8 Å². The van der Waals surface area contributed by atoms with Gasteiger partial charge >= 0.3 is 5.69 Å². The fourth-order valence-corrected chi connectivity index (χ4v) is 5.14. The van der Waals surface area contributed by atoms with E-state index in [9.17, 15) is 9.59 Å². The summed E-state index contributed by atoms with van der Waals surface area (Å²) >= 11 is 0. The second kappa shape index (κ2) is 7.07. The van der Waals surface area contributed by atoms with Gasteiger partial charge in [0.2, 0.25) is 0 Å². The summed E-state index contributed by atoms with van der Waals surface area (Å²) in [6.45, 7) is 7.02. The highest BCUT2D eigenvalue weighted by Crippen LogP contribution is 2.45. The summed E-state index contributed by atoms with van der Waals surface area (Å²) < 4.78 is 7.68. The molecule has 2 fully saturated rings. The predicted molar refractivity (Wildman–Crippen MR) is 110 cm³/mol. The highest BCUT2D eigenvalue weighted by Gasteiger charge is 2.51. The molecule has 0 saturated heterocycles. The van der Waals surface area contributed by atoms with Crippen LogP contribution in [0.25, 0.3) is 11.0 Å². The number of rotatable bonds is 5. The number of carbonyl (C=O) groups is 1. The summed E-state index contributed by atoms with van der Waals surface area (Å²) in [6, 6.07) is 6.02. The van der Waals surface area contributed by atoms with Gasteiger partial charge in [-0.25, -0.2) is 4.79 Å². The molecule has 4 rings (SSSR count). The van der Waals surface area contributed by atoms with E-state index in [-0.39, 0.29) is 35.2 Å². The van der Waals surface area contributed by atoms with Gasteiger partial charge in [0.1, 0.15) is 0 Å². The highest BCUT2D eigenvalue weighted by molar-refractivity contribution is 5.97. The van der Waals surface area contributed by atoms with Crippen LogP contribution in [0.2, 0.25) is 0 Å². The zero-order valence-corrected chi connectivity index (χ0v) is 17.3. The summed E-state index contributed by atoms with van der Waals surface area (Å²) in [5, 5.41) is 0. The fraction of sp³-hybridized carbons (Fsp3) is 0.636. The SMILES string of the molecule is CCO[C@H]1C[C@@H](N(C)C(=O)c2ccc3c(c2)[nH]c(=O)n3C2CCCC2)C1(C)C. The molecular formula is C22H31N3O3. The van der Waals surface area contributed by atoms with Crippen molar-refractivity contribution in [3.63, 3.8) is 0 Å². The standard InChI is InChI=1S/C22H31N3O3/c1-5-28-19-13-18(22(19,2)3)24(4)20(26)14-10-11-17-16(12-14)23-21(27)25(17)15-8-6-7-9-15/h10-12,15,18-19H,5-9,13H2,1-4H3,(H,23,27)/t18-,19+/m1/s1. The highest BCUT2D eigenvalue weighted by atomic mass is 16.5. The van der Waals surface area contributed by atoms with Gasteiger partial charge in [0.25, 0.3) is 5.91 Å². The van der Waals surface area contributed by atoms with Crippen molar-refractivity contribution in [1.29, 1.82) is 0 Å². The zero-order valence-electron chi connectivity index (χ0n) is 17.3. The molecule has 2 aliphatic carbocycles. The third kappa shape index (κ3) is 2.98. The maximum Gasteiger partial charge on any atom is 0.326 e. The van der Waals surface area contributed by atoms with Gasteiger partial charge in [0.15, 0.2) is 0 Å². The lowest BCUT2D eigenvalue weighted by molar-refractivity contribution is -0.136. The molecule has 0 aliphatic heterocycles. The van der Waals surface area contributed by atoms with Crippen LogP contribution in [-0.4, -0.2) is 46.2 Å². The lowest BCUT2D eigenvalue weighted by atomic mass is 9.63. The molecule has 0 radical (unpaired) electrons. The monoisotopic (exact) mass is 385 g/mol. The fourth-order valence-electron chi connectivity index (χ4n) is 5.14. The molecular weight excluding hydrogens is 354 g/mol. The predicted octanol–water partition coefficient (Wildman–Crippen LogP) is 3.72.